The van der Waals surface area contributed by atoms with Crippen LogP contribution in [0, 0.1) is 0 Å². The number of sulfonamides is 1. The van der Waals surface area contributed by atoms with Crippen LogP contribution < -0.4 is 9.46 Å². The van der Waals surface area contributed by atoms with Gasteiger partial charge in [-0.05, 0) is 12.1 Å². The first-order chi connectivity index (χ1) is 10.2. The fraction of sp³-hybridized carbons (Fsp3) is 0.385. The second-order valence-corrected chi connectivity index (χ2v) is 7.06. The largest absolute Gasteiger partial charge is 0.495 e. The van der Waals surface area contributed by atoms with Crippen molar-refractivity contribution in [1.82, 2.24) is 14.8 Å². The van der Waals surface area contributed by atoms with Crippen molar-refractivity contribution in [3.8, 4) is 5.75 Å². The summed E-state index contributed by atoms with van der Waals surface area (Å²) in [5.41, 5.74) is 0. The van der Waals surface area contributed by atoms with Crippen LogP contribution in [0.2, 0.25) is 5.02 Å². The van der Waals surface area contributed by atoms with Crippen molar-refractivity contribution < 1.29 is 13.2 Å². The summed E-state index contributed by atoms with van der Waals surface area (Å²) in [6, 6.07) is 4.30. The number of rotatable bonds is 5. The van der Waals surface area contributed by atoms with Gasteiger partial charge in [-0.15, -0.1) is 0 Å². The van der Waals surface area contributed by atoms with Crippen LogP contribution >= 0.6 is 11.6 Å². The van der Waals surface area contributed by atoms with Gasteiger partial charge in [-0.3, -0.25) is 0 Å². The first-order valence-corrected chi connectivity index (χ1v) is 8.38. The lowest BCUT2D eigenvalue weighted by Crippen LogP contribution is -2.17. The molecule has 1 aromatic carbocycles. The highest BCUT2D eigenvalue weighted by atomic mass is 35.5. The van der Waals surface area contributed by atoms with Crippen LogP contribution in [0.3, 0.4) is 0 Å². The number of nitrogens with zero attached hydrogens (tertiary/aromatic N) is 3. The van der Waals surface area contributed by atoms with E-state index in [2.05, 4.69) is 14.8 Å². The third-order valence-electron chi connectivity index (χ3n) is 2.94. The molecule has 0 aliphatic rings. The van der Waals surface area contributed by atoms with Crippen molar-refractivity contribution in [2.75, 3.05) is 11.8 Å². The first kappa shape index (κ1) is 16.6. The lowest BCUT2D eigenvalue weighted by Gasteiger charge is -2.10. The molecule has 1 heterocycles. The molecule has 0 radical (unpaired) electrons. The third-order valence-corrected chi connectivity index (χ3v) is 4.54. The summed E-state index contributed by atoms with van der Waals surface area (Å²) in [4.78, 5) is 4.17. The fourth-order valence-electron chi connectivity index (χ4n) is 1.78. The average Bonchev–Trinajstić information content (AvgIpc) is 2.79. The van der Waals surface area contributed by atoms with Gasteiger partial charge < -0.3 is 4.74 Å². The van der Waals surface area contributed by atoms with Gasteiger partial charge in [0.25, 0.3) is 10.0 Å². The standard InChI is InChI=1S/C13H17ClN4O3S/c1-8(2)12-15-13(18(3)16-12)17-22(19,20)11-6-5-9(14)7-10(11)21-4/h5-8H,1-4H3,(H,15,16,17). The second kappa shape index (κ2) is 6.13. The van der Waals surface area contributed by atoms with E-state index in [1.165, 1.54) is 30.0 Å². The van der Waals surface area contributed by atoms with Crippen molar-refractivity contribution in [2.45, 2.75) is 24.7 Å². The van der Waals surface area contributed by atoms with Crippen molar-refractivity contribution in [1.29, 1.82) is 0 Å². The lowest BCUT2D eigenvalue weighted by atomic mass is 10.2. The normalized spacial score (nSPS) is 11.7. The molecule has 1 aromatic heterocycles. The Morgan fingerprint density at radius 3 is 2.59 bits per heavy atom. The summed E-state index contributed by atoms with van der Waals surface area (Å²) in [7, 11) is -0.865. The van der Waals surface area contributed by atoms with Gasteiger partial charge in [-0.2, -0.15) is 10.1 Å². The number of hydrogen-bond acceptors (Lipinski definition) is 5. The summed E-state index contributed by atoms with van der Waals surface area (Å²) in [5.74, 6) is 0.949. The summed E-state index contributed by atoms with van der Waals surface area (Å²) < 4.78 is 33.9. The molecule has 0 saturated carbocycles. The Morgan fingerprint density at radius 1 is 1.36 bits per heavy atom. The first-order valence-electron chi connectivity index (χ1n) is 6.52. The number of anilines is 1. The Hall–Kier alpha value is -1.80. The molecule has 120 valence electrons. The minimum Gasteiger partial charge on any atom is -0.495 e. The molecule has 0 aliphatic carbocycles. The summed E-state index contributed by atoms with van der Waals surface area (Å²) in [6.45, 7) is 3.85. The zero-order valence-corrected chi connectivity index (χ0v) is 14.2. The number of benzene rings is 1. The second-order valence-electron chi connectivity index (χ2n) is 4.97. The highest BCUT2D eigenvalue weighted by Gasteiger charge is 2.22. The molecule has 0 amide bonds. The minimum atomic E-state index is -3.86. The lowest BCUT2D eigenvalue weighted by molar-refractivity contribution is 0.403. The van der Waals surface area contributed by atoms with Crippen LogP contribution in [0.4, 0.5) is 5.95 Å². The Labute approximate surface area is 134 Å². The molecule has 0 spiro atoms. The van der Waals surface area contributed by atoms with E-state index in [1.54, 1.807) is 7.05 Å². The van der Waals surface area contributed by atoms with Crippen LogP contribution in [0.15, 0.2) is 23.1 Å². The maximum absolute atomic E-state index is 12.5. The molecule has 2 rings (SSSR count). The van der Waals surface area contributed by atoms with Crippen molar-refractivity contribution in [3.63, 3.8) is 0 Å². The number of halogens is 1. The molecule has 0 fully saturated rings. The molecule has 22 heavy (non-hydrogen) atoms. The molecular weight excluding hydrogens is 328 g/mol. The molecule has 1 N–H and O–H groups in total. The molecule has 0 saturated heterocycles. The molecule has 0 bridgehead atoms. The molecule has 9 heteroatoms. The Balaban J connectivity index is 2.40. The van der Waals surface area contributed by atoms with E-state index in [1.807, 2.05) is 13.8 Å². The smallest absolute Gasteiger partial charge is 0.267 e. The fourth-order valence-corrected chi connectivity index (χ4v) is 3.12. The number of hydrogen-bond donors (Lipinski definition) is 1. The van der Waals surface area contributed by atoms with Gasteiger partial charge >= 0.3 is 0 Å². The molecule has 7 nitrogen and oxygen atoms in total. The maximum Gasteiger partial charge on any atom is 0.267 e. The van der Waals surface area contributed by atoms with Gasteiger partial charge in [-0.1, -0.05) is 25.4 Å². The van der Waals surface area contributed by atoms with Gasteiger partial charge in [0, 0.05) is 24.1 Å². The van der Waals surface area contributed by atoms with E-state index >= 15 is 0 Å². The highest BCUT2D eigenvalue weighted by Crippen LogP contribution is 2.28. The Morgan fingerprint density at radius 2 is 2.05 bits per heavy atom. The highest BCUT2D eigenvalue weighted by molar-refractivity contribution is 7.92. The maximum atomic E-state index is 12.5. The zero-order chi connectivity index (χ0) is 16.5. The number of nitrogens with one attached hydrogen (secondary N) is 1. The third kappa shape index (κ3) is 3.33. The van der Waals surface area contributed by atoms with Crippen LogP contribution in [0.1, 0.15) is 25.6 Å². The number of ether oxygens (including phenoxy) is 1. The molecule has 0 atom stereocenters. The minimum absolute atomic E-state index is 0.0199. The van der Waals surface area contributed by atoms with E-state index in [0.717, 1.165) is 0 Å². The zero-order valence-electron chi connectivity index (χ0n) is 12.7. The van der Waals surface area contributed by atoms with E-state index in [0.29, 0.717) is 10.8 Å². The van der Waals surface area contributed by atoms with E-state index in [9.17, 15) is 8.42 Å². The predicted molar refractivity (Wildman–Crippen MR) is 83.9 cm³/mol. The van der Waals surface area contributed by atoms with E-state index in [-0.39, 0.29) is 22.5 Å². The van der Waals surface area contributed by atoms with Gasteiger partial charge in [0.1, 0.15) is 10.6 Å². The van der Waals surface area contributed by atoms with Crippen molar-refractivity contribution >= 4 is 27.6 Å². The quantitative estimate of drug-likeness (QED) is 0.900. The van der Waals surface area contributed by atoms with Crippen molar-refractivity contribution in [3.05, 3.63) is 29.0 Å². The summed E-state index contributed by atoms with van der Waals surface area (Å²) >= 11 is 5.85. The molecular formula is C13H17ClN4O3S. The van der Waals surface area contributed by atoms with Gasteiger partial charge in [0.2, 0.25) is 5.95 Å². The number of aromatic nitrogens is 3. The van der Waals surface area contributed by atoms with Gasteiger partial charge in [0.15, 0.2) is 5.82 Å². The van der Waals surface area contributed by atoms with Crippen LogP contribution in [0.5, 0.6) is 5.75 Å². The van der Waals surface area contributed by atoms with Crippen LogP contribution in [-0.2, 0) is 17.1 Å². The summed E-state index contributed by atoms with van der Waals surface area (Å²) in [6.07, 6.45) is 0. The molecule has 0 aliphatic heterocycles. The molecule has 0 unspecified atom stereocenters. The summed E-state index contributed by atoms with van der Waals surface area (Å²) in [5, 5.41) is 4.56. The topological polar surface area (TPSA) is 86.1 Å². The Kier molecular flexibility index (Phi) is 4.62. The van der Waals surface area contributed by atoms with Crippen LogP contribution in [-0.4, -0.2) is 30.3 Å². The number of methoxy groups -OCH3 is 1. The Bertz CT molecular complexity index is 787. The SMILES string of the molecule is COc1cc(Cl)ccc1S(=O)(=O)Nc1nc(C(C)C)nn1C. The average molecular weight is 345 g/mol. The predicted octanol–water partition coefficient (Wildman–Crippen LogP) is 2.40. The monoisotopic (exact) mass is 344 g/mol. The van der Waals surface area contributed by atoms with Gasteiger partial charge in [0.05, 0.1) is 7.11 Å². The molecule has 2 aromatic rings. The van der Waals surface area contributed by atoms with Crippen LogP contribution in [0.25, 0.3) is 0 Å². The van der Waals surface area contributed by atoms with Crippen molar-refractivity contribution in [2.24, 2.45) is 7.05 Å². The van der Waals surface area contributed by atoms with Gasteiger partial charge in [-0.25, -0.2) is 17.8 Å². The van der Waals surface area contributed by atoms with E-state index < -0.39 is 10.0 Å². The van der Waals surface area contributed by atoms with E-state index in [4.69, 9.17) is 16.3 Å². The number of aryl methyl sites for hydroxylation is 1.